The summed E-state index contributed by atoms with van der Waals surface area (Å²) in [5.41, 5.74) is 16.4. The van der Waals surface area contributed by atoms with E-state index in [1.165, 1.54) is 138 Å². The van der Waals surface area contributed by atoms with Gasteiger partial charge in [0.25, 0.3) is 0 Å². The highest BCUT2D eigenvalue weighted by Crippen LogP contribution is 2.38. The summed E-state index contributed by atoms with van der Waals surface area (Å²) in [5, 5.41) is 3.14. The quantitative estimate of drug-likeness (QED) is 0.143. The summed E-state index contributed by atoms with van der Waals surface area (Å²) in [4.78, 5) is 0. The smallest absolute Gasteiger partial charge is 0.0695 e. The second kappa shape index (κ2) is 16.6. The van der Waals surface area contributed by atoms with Crippen LogP contribution in [0.4, 0.5) is 0 Å². The third kappa shape index (κ3) is 8.33. The van der Waals surface area contributed by atoms with Crippen LogP contribution >= 0.6 is 0 Å². The SMILES string of the molecule is CCCCc1cc(CCCC)cc(-c2cccc([Si]C3=C(C)C(C)=C(C)C3C)c2-c2cc(CCCC)cc(CCCC)c2)c1. The Kier molecular flexibility index (Phi) is 12.9. The van der Waals surface area contributed by atoms with Crippen LogP contribution in [0.25, 0.3) is 22.3 Å². The molecule has 0 nitrogen and oxygen atoms in total. The summed E-state index contributed by atoms with van der Waals surface area (Å²) in [6, 6.07) is 22.3. The molecule has 0 bridgehead atoms. The van der Waals surface area contributed by atoms with E-state index in [-0.39, 0.29) is 0 Å². The summed E-state index contributed by atoms with van der Waals surface area (Å²) in [6.45, 7) is 18.7. The maximum absolute atomic E-state index is 2.55. The van der Waals surface area contributed by atoms with Crippen LogP contribution in [-0.2, 0) is 25.7 Å². The Labute approximate surface area is 273 Å². The standard InChI is InChI=1S/C43H58Si/c1-9-13-18-34-24-35(19-14-10-2)27-38(26-34)40-22-17-23-41(44-43-32(7)30(5)31(6)33(43)8)42(40)39-28-36(20-15-11-3)25-37(29-39)21-16-12-4/h17,22-29,32H,9-16,18-21H2,1-8H3. The maximum atomic E-state index is 2.55. The Morgan fingerprint density at radius 2 is 1.02 bits per heavy atom. The molecule has 1 aliphatic carbocycles. The number of allylic oxidation sites excluding steroid dienone is 4. The number of hydrogen-bond donors (Lipinski definition) is 0. The van der Waals surface area contributed by atoms with Gasteiger partial charge < -0.3 is 0 Å². The topological polar surface area (TPSA) is 0 Å². The third-order valence-electron chi connectivity index (χ3n) is 9.96. The van der Waals surface area contributed by atoms with E-state index in [0.29, 0.717) is 15.4 Å². The Morgan fingerprint density at radius 3 is 1.43 bits per heavy atom. The van der Waals surface area contributed by atoms with Crippen molar-refractivity contribution in [1.29, 1.82) is 0 Å². The van der Waals surface area contributed by atoms with E-state index in [1.807, 2.05) is 0 Å². The first-order valence-corrected chi connectivity index (χ1v) is 18.9. The van der Waals surface area contributed by atoms with Crippen LogP contribution in [0.2, 0.25) is 0 Å². The normalized spacial score (nSPS) is 15.1. The van der Waals surface area contributed by atoms with Crippen molar-refractivity contribution >= 4 is 14.7 Å². The molecule has 1 heteroatoms. The fraction of sp³-hybridized carbons (Fsp3) is 0.488. The number of benzene rings is 3. The van der Waals surface area contributed by atoms with E-state index < -0.39 is 0 Å². The highest BCUT2D eigenvalue weighted by Gasteiger charge is 2.26. The molecule has 0 aliphatic heterocycles. The van der Waals surface area contributed by atoms with Crippen molar-refractivity contribution in [2.45, 2.75) is 132 Å². The van der Waals surface area contributed by atoms with Gasteiger partial charge in [-0.05, 0) is 128 Å². The van der Waals surface area contributed by atoms with E-state index in [9.17, 15) is 0 Å². The molecule has 2 radical (unpaired) electrons. The molecule has 44 heavy (non-hydrogen) atoms. The molecule has 4 rings (SSSR count). The minimum absolute atomic E-state index is 0.527. The van der Waals surface area contributed by atoms with Crippen LogP contribution in [0.3, 0.4) is 0 Å². The molecule has 1 atom stereocenters. The van der Waals surface area contributed by atoms with Crippen molar-refractivity contribution in [3.8, 4) is 22.3 Å². The van der Waals surface area contributed by atoms with E-state index >= 15 is 0 Å². The van der Waals surface area contributed by atoms with Gasteiger partial charge in [0.2, 0.25) is 0 Å². The largest absolute Gasteiger partial charge is 0.117 e. The highest BCUT2D eigenvalue weighted by atomic mass is 28.2. The lowest BCUT2D eigenvalue weighted by molar-refractivity contribution is 0.780. The zero-order valence-electron chi connectivity index (χ0n) is 29.3. The van der Waals surface area contributed by atoms with Gasteiger partial charge in [0, 0.05) is 0 Å². The monoisotopic (exact) mass is 602 g/mol. The first kappa shape index (κ1) is 34.2. The molecule has 0 fully saturated rings. The van der Waals surface area contributed by atoms with Crippen LogP contribution in [0.15, 0.2) is 76.5 Å². The number of hydrogen-bond acceptors (Lipinski definition) is 0. The maximum Gasteiger partial charge on any atom is 0.117 e. The Morgan fingerprint density at radius 1 is 0.568 bits per heavy atom. The molecule has 0 spiro atoms. The molecule has 0 heterocycles. The van der Waals surface area contributed by atoms with Gasteiger partial charge in [-0.15, -0.1) is 0 Å². The van der Waals surface area contributed by atoms with Crippen molar-refractivity contribution in [2.75, 3.05) is 0 Å². The van der Waals surface area contributed by atoms with E-state index in [2.05, 4.69) is 110 Å². The van der Waals surface area contributed by atoms with Crippen LogP contribution in [0.5, 0.6) is 0 Å². The molecule has 0 N–H and O–H groups in total. The molecule has 0 amide bonds. The molecule has 1 aliphatic rings. The van der Waals surface area contributed by atoms with Crippen LogP contribution < -0.4 is 5.19 Å². The minimum atomic E-state index is 0.527. The lowest BCUT2D eigenvalue weighted by Gasteiger charge is -2.21. The Balaban J connectivity index is 1.95. The van der Waals surface area contributed by atoms with Gasteiger partial charge in [0.1, 0.15) is 9.52 Å². The molecular weight excluding hydrogens is 545 g/mol. The zero-order valence-corrected chi connectivity index (χ0v) is 30.3. The molecule has 3 aromatic carbocycles. The summed E-state index contributed by atoms with van der Waals surface area (Å²) in [6.07, 6.45) is 14.6. The Hall–Kier alpha value is -2.64. The van der Waals surface area contributed by atoms with E-state index in [1.54, 1.807) is 10.8 Å². The predicted octanol–water partition coefficient (Wildman–Crippen LogP) is 12.0. The van der Waals surface area contributed by atoms with Gasteiger partial charge in [-0.1, -0.05) is 136 Å². The van der Waals surface area contributed by atoms with Crippen LogP contribution in [0, 0.1) is 5.92 Å². The van der Waals surface area contributed by atoms with Gasteiger partial charge in [0.05, 0.1) is 0 Å². The van der Waals surface area contributed by atoms with Crippen LogP contribution in [-0.4, -0.2) is 9.52 Å². The van der Waals surface area contributed by atoms with Gasteiger partial charge in [-0.3, -0.25) is 0 Å². The molecule has 0 saturated carbocycles. The fourth-order valence-corrected chi connectivity index (χ4v) is 8.53. The molecule has 234 valence electrons. The zero-order chi connectivity index (χ0) is 31.6. The number of unbranched alkanes of at least 4 members (excludes halogenated alkanes) is 4. The third-order valence-corrected chi connectivity index (χ3v) is 11.7. The van der Waals surface area contributed by atoms with Gasteiger partial charge in [-0.2, -0.15) is 0 Å². The van der Waals surface area contributed by atoms with E-state index in [0.717, 1.165) is 0 Å². The number of aryl methyl sites for hydroxylation is 4. The number of rotatable bonds is 16. The average Bonchev–Trinajstić information content (AvgIpc) is 3.22. The Bertz CT molecular complexity index is 1410. The van der Waals surface area contributed by atoms with Gasteiger partial charge >= 0.3 is 0 Å². The highest BCUT2D eigenvalue weighted by molar-refractivity contribution is 6.63. The van der Waals surface area contributed by atoms with Crippen molar-refractivity contribution < 1.29 is 0 Å². The van der Waals surface area contributed by atoms with Crippen molar-refractivity contribution in [3.05, 3.63) is 98.8 Å². The fourth-order valence-electron chi connectivity index (χ4n) is 6.84. The van der Waals surface area contributed by atoms with E-state index in [4.69, 9.17) is 0 Å². The van der Waals surface area contributed by atoms with Gasteiger partial charge in [0.15, 0.2) is 0 Å². The second-order valence-electron chi connectivity index (χ2n) is 13.4. The summed E-state index contributed by atoms with van der Waals surface area (Å²) >= 11 is 0. The lowest BCUT2D eigenvalue weighted by atomic mass is 9.88. The summed E-state index contributed by atoms with van der Waals surface area (Å²) in [7, 11) is 0.685. The molecular formula is C43H58Si. The van der Waals surface area contributed by atoms with Gasteiger partial charge in [-0.25, -0.2) is 0 Å². The first-order valence-electron chi connectivity index (χ1n) is 17.9. The van der Waals surface area contributed by atoms with Crippen molar-refractivity contribution in [3.63, 3.8) is 0 Å². The molecule has 0 aromatic heterocycles. The molecule has 1 unspecified atom stereocenters. The summed E-state index contributed by atoms with van der Waals surface area (Å²) < 4.78 is 0. The average molecular weight is 603 g/mol. The minimum Gasteiger partial charge on any atom is -0.0695 e. The second-order valence-corrected chi connectivity index (χ2v) is 14.7. The van der Waals surface area contributed by atoms with Crippen molar-refractivity contribution in [1.82, 2.24) is 0 Å². The van der Waals surface area contributed by atoms with Crippen LogP contribution in [0.1, 0.15) is 129 Å². The predicted molar refractivity (Wildman–Crippen MR) is 197 cm³/mol. The first-order chi connectivity index (χ1) is 21.3. The van der Waals surface area contributed by atoms with Crippen molar-refractivity contribution in [2.24, 2.45) is 5.92 Å². The lowest BCUT2D eigenvalue weighted by Crippen LogP contribution is -2.23. The molecule has 3 aromatic rings. The molecule has 0 saturated heterocycles. The summed E-state index contributed by atoms with van der Waals surface area (Å²) in [5.74, 6) is 0.527.